The van der Waals surface area contributed by atoms with E-state index in [9.17, 15) is 24.2 Å². The van der Waals surface area contributed by atoms with Crippen LogP contribution in [0.2, 0.25) is 0 Å². The van der Waals surface area contributed by atoms with Crippen LogP contribution in [-0.4, -0.2) is 50.0 Å². The second kappa shape index (κ2) is 11.8. The first-order valence-corrected chi connectivity index (χ1v) is 12.8. The van der Waals surface area contributed by atoms with E-state index in [4.69, 9.17) is 5.11 Å². The van der Waals surface area contributed by atoms with Crippen molar-refractivity contribution in [3.63, 3.8) is 0 Å². The highest BCUT2D eigenvalue weighted by Crippen LogP contribution is 2.42. The molecule has 1 aromatic heterocycles. The van der Waals surface area contributed by atoms with Gasteiger partial charge in [0.15, 0.2) is 0 Å². The number of aliphatic hydroxyl groups excluding tert-OH is 2. The van der Waals surface area contributed by atoms with Gasteiger partial charge in [0, 0.05) is 35.3 Å². The van der Waals surface area contributed by atoms with E-state index in [0.717, 1.165) is 18.4 Å². The Hall–Kier alpha value is -3.75. The molecule has 1 saturated carbocycles. The number of carbonyl (C=O) groups excluding carboxylic acids is 1. The summed E-state index contributed by atoms with van der Waals surface area (Å²) in [6.45, 7) is 3.92. The molecule has 1 aliphatic rings. The molecule has 2 aromatic carbocycles. The minimum absolute atomic E-state index is 0.132. The molecule has 0 bridgehead atoms. The Bertz CT molecular complexity index is 1310. The van der Waals surface area contributed by atoms with Crippen LogP contribution in [0.25, 0.3) is 28.3 Å². The molecular formula is C30H33FN2O5. The van der Waals surface area contributed by atoms with Crippen molar-refractivity contribution in [2.75, 3.05) is 0 Å². The Morgan fingerprint density at radius 3 is 2.24 bits per heavy atom. The Labute approximate surface area is 221 Å². The first-order chi connectivity index (χ1) is 18.2. The number of hydrogen-bond donors (Lipinski definition) is 4. The summed E-state index contributed by atoms with van der Waals surface area (Å²) in [6, 6.07) is 15.6. The predicted octanol–water partition coefficient (Wildman–Crippen LogP) is 5.03. The number of carboxylic acids is 1. The van der Waals surface area contributed by atoms with Gasteiger partial charge in [-0.3, -0.25) is 9.59 Å². The van der Waals surface area contributed by atoms with Gasteiger partial charge < -0.3 is 25.2 Å². The molecule has 1 heterocycles. The third-order valence-electron chi connectivity index (χ3n) is 6.48. The highest BCUT2D eigenvalue weighted by atomic mass is 19.1. The van der Waals surface area contributed by atoms with E-state index in [2.05, 4.69) is 5.32 Å². The summed E-state index contributed by atoms with van der Waals surface area (Å²) in [5.41, 5.74) is 4.03. The molecule has 2 atom stereocenters. The molecular weight excluding hydrogens is 487 g/mol. The summed E-state index contributed by atoms with van der Waals surface area (Å²) in [6.07, 6.45) is 2.08. The zero-order chi connectivity index (χ0) is 27.4. The molecule has 0 radical (unpaired) electrons. The zero-order valence-corrected chi connectivity index (χ0v) is 21.5. The molecule has 0 spiro atoms. The maximum atomic E-state index is 13.9. The summed E-state index contributed by atoms with van der Waals surface area (Å²) in [5, 5.41) is 32.6. The van der Waals surface area contributed by atoms with E-state index in [1.807, 2.05) is 48.7 Å². The fourth-order valence-electron chi connectivity index (χ4n) is 4.65. The SMILES string of the molecule is CC(C)n1c(/C=C/C(O)CC(O)CC(=O)O)c(-c2ccc(F)cc2)c(-c2ccccc2)c1C(=O)NC1CC1. The first-order valence-electron chi connectivity index (χ1n) is 12.8. The molecule has 7 nitrogen and oxygen atoms in total. The van der Waals surface area contributed by atoms with Crippen molar-refractivity contribution in [3.8, 4) is 22.3 Å². The van der Waals surface area contributed by atoms with Crippen molar-refractivity contribution >= 4 is 18.0 Å². The van der Waals surface area contributed by atoms with Crippen LogP contribution >= 0.6 is 0 Å². The summed E-state index contributed by atoms with van der Waals surface area (Å²) in [4.78, 5) is 24.6. The van der Waals surface area contributed by atoms with Crippen molar-refractivity contribution in [2.45, 2.75) is 63.8 Å². The standard InChI is InChI=1S/C30H33FN2O5/c1-18(2)33-25(15-14-23(34)16-24(35)17-26(36)37)27(20-8-10-21(31)11-9-20)28(19-6-4-3-5-7-19)29(33)30(38)32-22-12-13-22/h3-11,14-15,18,22-24,34-35H,12-13,16-17H2,1-2H3,(H,32,38)(H,36,37)/b15-14+. The Morgan fingerprint density at radius 2 is 1.66 bits per heavy atom. The normalized spacial score (nSPS) is 15.1. The fourth-order valence-corrected chi connectivity index (χ4v) is 4.65. The van der Waals surface area contributed by atoms with E-state index in [1.54, 1.807) is 18.2 Å². The third kappa shape index (κ3) is 6.38. The smallest absolute Gasteiger partial charge is 0.305 e. The molecule has 0 aliphatic heterocycles. The van der Waals surface area contributed by atoms with E-state index < -0.39 is 24.6 Å². The van der Waals surface area contributed by atoms with Gasteiger partial charge in [0.1, 0.15) is 11.5 Å². The highest BCUT2D eigenvalue weighted by Gasteiger charge is 2.32. The number of benzene rings is 2. The van der Waals surface area contributed by atoms with Crippen LogP contribution in [0.3, 0.4) is 0 Å². The number of carbonyl (C=O) groups is 2. The second-order valence-corrected chi connectivity index (χ2v) is 9.98. The molecule has 4 rings (SSSR count). The van der Waals surface area contributed by atoms with E-state index in [0.29, 0.717) is 28.1 Å². The van der Waals surface area contributed by atoms with E-state index in [1.165, 1.54) is 18.2 Å². The number of aliphatic hydroxyl groups is 2. The van der Waals surface area contributed by atoms with Gasteiger partial charge in [0.05, 0.1) is 18.6 Å². The minimum Gasteiger partial charge on any atom is -0.481 e. The van der Waals surface area contributed by atoms with Crippen molar-refractivity contribution in [1.82, 2.24) is 9.88 Å². The molecule has 1 fully saturated rings. The van der Waals surface area contributed by atoms with Gasteiger partial charge in [-0.2, -0.15) is 0 Å². The van der Waals surface area contributed by atoms with Crippen LogP contribution in [0.5, 0.6) is 0 Å². The van der Waals surface area contributed by atoms with Gasteiger partial charge in [-0.25, -0.2) is 4.39 Å². The van der Waals surface area contributed by atoms with Crippen LogP contribution in [-0.2, 0) is 4.79 Å². The lowest BCUT2D eigenvalue weighted by atomic mass is 9.94. The largest absolute Gasteiger partial charge is 0.481 e. The van der Waals surface area contributed by atoms with Crippen LogP contribution in [0, 0.1) is 5.82 Å². The molecule has 38 heavy (non-hydrogen) atoms. The van der Waals surface area contributed by atoms with Crippen LogP contribution in [0.1, 0.15) is 61.8 Å². The minimum atomic E-state index is -1.21. The monoisotopic (exact) mass is 520 g/mol. The van der Waals surface area contributed by atoms with Crippen LogP contribution in [0.4, 0.5) is 4.39 Å². The highest BCUT2D eigenvalue weighted by molar-refractivity contribution is 6.06. The average Bonchev–Trinajstić information content (AvgIpc) is 3.60. The number of aliphatic carboxylic acids is 1. The Balaban J connectivity index is 1.93. The molecule has 8 heteroatoms. The Morgan fingerprint density at radius 1 is 1.03 bits per heavy atom. The maximum absolute atomic E-state index is 13.9. The Kier molecular flexibility index (Phi) is 8.44. The fraction of sp³-hybridized carbons (Fsp3) is 0.333. The van der Waals surface area contributed by atoms with E-state index >= 15 is 0 Å². The lowest BCUT2D eigenvalue weighted by Gasteiger charge is -2.17. The van der Waals surface area contributed by atoms with Crippen molar-refractivity contribution in [2.24, 2.45) is 0 Å². The van der Waals surface area contributed by atoms with Gasteiger partial charge in [-0.05, 0) is 56.0 Å². The number of amides is 1. The number of halogens is 1. The number of aromatic nitrogens is 1. The predicted molar refractivity (Wildman–Crippen MR) is 144 cm³/mol. The van der Waals surface area contributed by atoms with Crippen LogP contribution in [0.15, 0.2) is 60.7 Å². The van der Waals surface area contributed by atoms with Gasteiger partial charge in [-0.15, -0.1) is 0 Å². The van der Waals surface area contributed by atoms with Gasteiger partial charge in [0.25, 0.3) is 5.91 Å². The molecule has 2 unspecified atom stereocenters. The quantitative estimate of drug-likeness (QED) is 0.283. The summed E-state index contributed by atoms with van der Waals surface area (Å²) >= 11 is 0. The third-order valence-corrected chi connectivity index (χ3v) is 6.48. The number of rotatable bonds is 11. The van der Waals surface area contributed by atoms with Crippen LogP contribution < -0.4 is 5.32 Å². The average molecular weight is 521 g/mol. The van der Waals surface area contributed by atoms with E-state index in [-0.39, 0.29) is 30.2 Å². The number of carboxylic acid groups (broad SMARTS) is 1. The van der Waals surface area contributed by atoms with Gasteiger partial charge >= 0.3 is 5.97 Å². The zero-order valence-electron chi connectivity index (χ0n) is 21.5. The molecule has 0 saturated heterocycles. The second-order valence-electron chi connectivity index (χ2n) is 9.98. The number of hydrogen-bond acceptors (Lipinski definition) is 4. The first kappa shape index (κ1) is 27.3. The maximum Gasteiger partial charge on any atom is 0.305 e. The van der Waals surface area contributed by atoms with Gasteiger partial charge in [-0.1, -0.05) is 48.5 Å². The number of nitrogens with one attached hydrogen (secondary N) is 1. The molecule has 4 N–H and O–H groups in total. The summed E-state index contributed by atoms with van der Waals surface area (Å²) < 4.78 is 15.8. The van der Waals surface area contributed by atoms with Gasteiger partial charge in [0.2, 0.25) is 0 Å². The lowest BCUT2D eigenvalue weighted by Crippen LogP contribution is -2.29. The van der Waals surface area contributed by atoms with Crippen molar-refractivity contribution in [3.05, 3.63) is 77.9 Å². The number of nitrogens with zero attached hydrogens (tertiary/aromatic N) is 1. The molecule has 1 amide bonds. The molecule has 3 aromatic rings. The molecule has 200 valence electrons. The summed E-state index contributed by atoms with van der Waals surface area (Å²) in [7, 11) is 0. The lowest BCUT2D eigenvalue weighted by molar-refractivity contribution is -0.139. The topological polar surface area (TPSA) is 112 Å². The molecule has 1 aliphatic carbocycles. The summed E-state index contributed by atoms with van der Waals surface area (Å²) in [5.74, 6) is -1.75. The van der Waals surface area contributed by atoms with Crippen molar-refractivity contribution in [1.29, 1.82) is 0 Å². The van der Waals surface area contributed by atoms with Crippen molar-refractivity contribution < 1.29 is 29.3 Å².